The molecule has 0 saturated carbocycles. The van der Waals surface area contributed by atoms with E-state index in [-0.39, 0.29) is 24.7 Å². The Morgan fingerprint density at radius 3 is 2.77 bits per heavy atom. The second kappa shape index (κ2) is 10.4. The minimum absolute atomic E-state index is 0.0622. The Kier molecular flexibility index (Phi) is 7.30. The molecule has 10 nitrogen and oxygen atoms in total. The van der Waals surface area contributed by atoms with Gasteiger partial charge in [0.05, 0.1) is 17.7 Å². The lowest BCUT2D eigenvalue weighted by molar-refractivity contribution is -0.133. The Hall–Kier alpha value is -3.53. The number of amides is 1. The van der Waals surface area contributed by atoms with Crippen LogP contribution in [0.15, 0.2) is 35.5 Å². The van der Waals surface area contributed by atoms with Gasteiger partial charge >= 0.3 is 5.69 Å². The molecule has 4 rings (SSSR count). The number of carbonyl (C=O) groups is 2. The van der Waals surface area contributed by atoms with Crippen molar-refractivity contribution in [2.75, 3.05) is 31.6 Å². The summed E-state index contributed by atoms with van der Waals surface area (Å²) < 4.78 is 0. The molecule has 0 aromatic carbocycles. The molecule has 1 amide bonds. The summed E-state index contributed by atoms with van der Waals surface area (Å²) in [7, 11) is 1.71. The van der Waals surface area contributed by atoms with E-state index in [2.05, 4.69) is 24.8 Å². The van der Waals surface area contributed by atoms with Crippen LogP contribution in [-0.2, 0) is 4.79 Å². The minimum Gasteiger partial charge on any atom is -0.386 e. The summed E-state index contributed by atoms with van der Waals surface area (Å²) >= 11 is 0. The maximum atomic E-state index is 12.7. The monoisotopic (exact) mass is 480 g/mol. The van der Waals surface area contributed by atoms with Crippen LogP contribution < -0.4 is 10.6 Å². The molecule has 4 heterocycles. The number of likely N-dealkylation sites (N-methyl/N-ethyl adjacent to an activating group) is 1. The smallest absolute Gasteiger partial charge is 0.323 e. The van der Waals surface area contributed by atoms with E-state index >= 15 is 0 Å². The number of ketones is 1. The van der Waals surface area contributed by atoms with Crippen LogP contribution in [0.3, 0.4) is 0 Å². The SMILES string of the molecule is Cc1[nH]c(=O)[nH]c1C(=O)CCCCC(=O)N(C)CC1(O)CCCN(c2ccnc3ccncc23)C1. The highest BCUT2D eigenvalue weighted by Gasteiger charge is 2.36. The van der Waals surface area contributed by atoms with Crippen molar-refractivity contribution in [2.24, 2.45) is 0 Å². The highest BCUT2D eigenvalue weighted by molar-refractivity contribution is 5.95. The number of aromatic nitrogens is 4. The number of piperidine rings is 1. The Morgan fingerprint density at radius 2 is 2.00 bits per heavy atom. The van der Waals surface area contributed by atoms with Gasteiger partial charge in [-0.1, -0.05) is 0 Å². The molecule has 1 aliphatic rings. The number of H-pyrrole nitrogens is 2. The van der Waals surface area contributed by atoms with E-state index in [1.807, 2.05) is 12.1 Å². The third-order valence-corrected chi connectivity index (χ3v) is 6.61. The number of nitrogens with one attached hydrogen (secondary N) is 2. The van der Waals surface area contributed by atoms with Crippen molar-refractivity contribution in [3.05, 3.63) is 52.6 Å². The van der Waals surface area contributed by atoms with Crippen LogP contribution in [0.2, 0.25) is 0 Å². The molecule has 10 heteroatoms. The topological polar surface area (TPSA) is 135 Å². The summed E-state index contributed by atoms with van der Waals surface area (Å²) in [5.41, 5.74) is 1.26. The van der Waals surface area contributed by atoms with Crippen molar-refractivity contribution in [1.82, 2.24) is 24.8 Å². The van der Waals surface area contributed by atoms with Gasteiger partial charge in [-0.15, -0.1) is 0 Å². The van der Waals surface area contributed by atoms with Crippen LogP contribution in [0.4, 0.5) is 5.69 Å². The van der Waals surface area contributed by atoms with Crippen LogP contribution in [-0.4, -0.2) is 73.9 Å². The number of hydrogen-bond donors (Lipinski definition) is 3. The van der Waals surface area contributed by atoms with Gasteiger partial charge in [-0.25, -0.2) is 4.79 Å². The standard InChI is InChI=1S/C25H32N6O4/c1-17-23(29-24(34)28-17)21(32)6-3-4-7-22(33)30(2)15-25(35)10-5-13-31(16-25)20-9-12-27-19-8-11-26-14-18(19)20/h8-9,11-12,14,35H,3-7,10,13,15-16H2,1-2H3,(H2,28,29,34). The number of aromatic amines is 2. The number of nitrogens with zero attached hydrogens (tertiary/aromatic N) is 4. The van der Waals surface area contributed by atoms with Gasteiger partial charge in [0, 0.05) is 68.3 Å². The summed E-state index contributed by atoms with van der Waals surface area (Å²) in [5.74, 6) is -0.204. The highest BCUT2D eigenvalue weighted by Crippen LogP contribution is 2.31. The van der Waals surface area contributed by atoms with Gasteiger partial charge in [0.15, 0.2) is 5.78 Å². The molecule has 0 aliphatic carbocycles. The lowest BCUT2D eigenvalue weighted by Gasteiger charge is -2.42. The fraction of sp³-hybridized carbons (Fsp3) is 0.480. The first-order valence-corrected chi connectivity index (χ1v) is 12.0. The quantitative estimate of drug-likeness (QED) is 0.316. The Labute approximate surface area is 203 Å². The minimum atomic E-state index is -1.02. The number of fused-ring (bicyclic) bond motifs is 1. The highest BCUT2D eigenvalue weighted by atomic mass is 16.3. The van der Waals surface area contributed by atoms with E-state index in [9.17, 15) is 19.5 Å². The van der Waals surface area contributed by atoms with Gasteiger partial charge in [0.2, 0.25) is 5.91 Å². The Balaban J connectivity index is 1.29. The molecular formula is C25H32N6O4. The summed E-state index contributed by atoms with van der Waals surface area (Å²) in [5, 5.41) is 12.3. The van der Waals surface area contributed by atoms with Gasteiger partial charge in [0.25, 0.3) is 0 Å². The molecular weight excluding hydrogens is 448 g/mol. The number of anilines is 1. The number of β-amino-alcohol motifs (C(OH)–C–C–N with tert-alkyl or cyclic N) is 1. The van der Waals surface area contributed by atoms with Crippen LogP contribution in [0.25, 0.3) is 10.9 Å². The van der Waals surface area contributed by atoms with Gasteiger partial charge in [0.1, 0.15) is 5.69 Å². The zero-order valence-electron chi connectivity index (χ0n) is 20.2. The third kappa shape index (κ3) is 5.76. The third-order valence-electron chi connectivity index (χ3n) is 6.61. The van der Waals surface area contributed by atoms with Gasteiger partial charge < -0.3 is 24.9 Å². The largest absolute Gasteiger partial charge is 0.386 e. The molecule has 3 N–H and O–H groups in total. The van der Waals surface area contributed by atoms with Crippen molar-refractivity contribution in [2.45, 2.75) is 51.0 Å². The number of Topliss-reactive ketones (excluding diaryl/α,β-unsaturated/α-hetero) is 1. The average Bonchev–Trinajstić information content (AvgIpc) is 3.18. The summed E-state index contributed by atoms with van der Waals surface area (Å²) in [4.78, 5) is 53.7. The molecule has 1 fully saturated rings. The van der Waals surface area contributed by atoms with Crippen molar-refractivity contribution < 1.29 is 14.7 Å². The van der Waals surface area contributed by atoms with Crippen LogP contribution >= 0.6 is 0 Å². The van der Waals surface area contributed by atoms with Crippen LogP contribution in [0.5, 0.6) is 0 Å². The van der Waals surface area contributed by atoms with Gasteiger partial charge in [-0.3, -0.25) is 19.6 Å². The maximum Gasteiger partial charge on any atom is 0.323 e. The van der Waals surface area contributed by atoms with E-state index in [0.717, 1.165) is 29.6 Å². The molecule has 186 valence electrons. The number of imidazole rings is 1. The molecule has 1 saturated heterocycles. The predicted octanol–water partition coefficient (Wildman–Crippen LogP) is 2.19. The van der Waals surface area contributed by atoms with Crippen LogP contribution in [0.1, 0.15) is 54.7 Å². The van der Waals surface area contributed by atoms with Gasteiger partial charge in [-0.2, -0.15) is 0 Å². The van der Waals surface area contributed by atoms with E-state index < -0.39 is 11.3 Å². The second-order valence-corrected chi connectivity index (χ2v) is 9.43. The summed E-state index contributed by atoms with van der Waals surface area (Å²) in [6, 6.07) is 3.81. The first-order valence-electron chi connectivity index (χ1n) is 12.0. The number of pyridine rings is 2. The molecule has 35 heavy (non-hydrogen) atoms. The summed E-state index contributed by atoms with van der Waals surface area (Å²) in [6.45, 7) is 3.15. The fourth-order valence-corrected chi connectivity index (χ4v) is 4.86. The van der Waals surface area contributed by atoms with E-state index in [1.165, 1.54) is 0 Å². The molecule has 0 spiro atoms. The lowest BCUT2D eigenvalue weighted by atomic mass is 9.91. The first-order chi connectivity index (χ1) is 16.8. The molecule has 1 unspecified atom stereocenters. The number of rotatable bonds is 9. The zero-order chi connectivity index (χ0) is 25.0. The van der Waals surface area contributed by atoms with Crippen molar-refractivity contribution >= 4 is 28.3 Å². The van der Waals surface area contributed by atoms with E-state index in [1.54, 1.807) is 37.5 Å². The molecule has 0 bridgehead atoms. The maximum absolute atomic E-state index is 12.7. The molecule has 3 aromatic heterocycles. The molecule has 1 atom stereocenters. The number of hydrogen-bond acceptors (Lipinski definition) is 7. The zero-order valence-corrected chi connectivity index (χ0v) is 20.2. The number of carbonyl (C=O) groups excluding carboxylic acids is 2. The number of aliphatic hydroxyl groups is 1. The second-order valence-electron chi connectivity index (χ2n) is 9.43. The number of aryl methyl sites for hydroxylation is 1. The lowest BCUT2D eigenvalue weighted by Crippen LogP contribution is -2.54. The molecule has 3 aromatic rings. The average molecular weight is 481 g/mol. The summed E-state index contributed by atoms with van der Waals surface area (Å²) in [6.07, 6.45) is 8.36. The molecule has 0 radical (unpaired) electrons. The normalized spacial score (nSPS) is 18.1. The van der Waals surface area contributed by atoms with E-state index in [4.69, 9.17) is 0 Å². The molecule has 1 aliphatic heterocycles. The van der Waals surface area contributed by atoms with Crippen molar-refractivity contribution in [3.8, 4) is 0 Å². The first kappa shape index (κ1) is 24.6. The Morgan fingerprint density at radius 1 is 1.20 bits per heavy atom. The Bertz CT molecular complexity index is 1260. The van der Waals surface area contributed by atoms with Crippen LogP contribution in [0, 0.1) is 6.92 Å². The predicted molar refractivity (Wildman–Crippen MR) is 133 cm³/mol. The van der Waals surface area contributed by atoms with E-state index in [0.29, 0.717) is 43.6 Å². The van der Waals surface area contributed by atoms with Crippen molar-refractivity contribution in [1.29, 1.82) is 0 Å². The fourth-order valence-electron chi connectivity index (χ4n) is 4.86. The van der Waals surface area contributed by atoms with Crippen molar-refractivity contribution in [3.63, 3.8) is 0 Å². The van der Waals surface area contributed by atoms with Gasteiger partial charge in [-0.05, 0) is 44.7 Å². The number of unbranched alkanes of at least 4 members (excludes halogenated alkanes) is 1.